The molecule has 0 aliphatic heterocycles. The van der Waals surface area contributed by atoms with Gasteiger partial charge in [0.15, 0.2) is 0 Å². The number of carbonyl (C=O) groups excluding carboxylic acids is 1. The number of nitro groups is 1. The monoisotopic (exact) mass is 318 g/mol. The Morgan fingerprint density at radius 1 is 1.26 bits per heavy atom. The molecule has 0 heterocycles. The molecule has 0 atom stereocenters. The number of nitrogens with one attached hydrogen (secondary N) is 1. The van der Waals surface area contributed by atoms with Crippen molar-refractivity contribution in [3.63, 3.8) is 0 Å². The number of hydrogen-bond donors (Lipinski definition) is 1. The summed E-state index contributed by atoms with van der Waals surface area (Å²) in [5.41, 5.74) is 0.0275. The van der Waals surface area contributed by atoms with Crippen LogP contribution in [0.5, 0.6) is 5.75 Å². The van der Waals surface area contributed by atoms with Crippen molar-refractivity contribution in [3.05, 3.63) is 64.0 Å². The second-order valence-electron chi connectivity index (χ2n) is 5.07. The molecule has 6 nitrogen and oxygen atoms in total. The number of nitro benzene ring substituents is 1. The number of ether oxygens (including phenoxy) is 1. The first-order valence-corrected chi connectivity index (χ1v) is 6.89. The zero-order valence-corrected chi connectivity index (χ0v) is 12.6. The molecule has 120 valence electrons. The Balaban J connectivity index is 2.35. The number of rotatable bonds is 5. The summed E-state index contributed by atoms with van der Waals surface area (Å²) in [6.07, 6.45) is -0.211. The maximum Gasteiger partial charge on any atom is 0.270 e. The quantitative estimate of drug-likeness (QED) is 0.672. The third kappa shape index (κ3) is 4.26. The van der Waals surface area contributed by atoms with Crippen LogP contribution in [0.1, 0.15) is 24.2 Å². The van der Waals surface area contributed by atoms with Crippen LogP contribution in [0.25, 0.3) is 0 Å². The smallest absolute Gasteiger partial charge is 0.270 e. The Labute approximate surface area is 132 Å². The fraction of sp³-hybridized carbons (Fsp3) is 0.188. The SMILES string of the molecule is CC(C)Oc1ccc([N+](=O)[O-])cc1C(=O)Nc1cccc(F)c1. The molecule has 0 fully saturated rings. The summed E-state index contributed by atoms with van der Waals surface area (Å²) in [6, 6.07) is 9.13. The van der Waals surface area contributed by atoms with Gasteiger partial charge in [-0.2, -0.15) is 0 Å². The fourth-order valence-corrected chi connectivity index (χ4v) is 1.93. The lowest BCUT2D eigenvalue weighted by atomic mass is 10.1. The predicted molar refractivity (Wildman–Crippen MR) is 83.2 cm³/mol. The molecule has 1 amide bonds. The first-order valence-electron chi connectivity index (χ1n) is 6.89. The molecule has 7 heteroatoms. The average molecular weight is 318 g/mol. The lowest BCUT2D eigenvalue weighted by molar-refractivity contribution is -0.384. The Kier molecular flexibility index (Phi) is 4.90. The minimum atomic E-state index is -0.616. The van der Waals surface area contributed by atoms with Crippen molar-refractivity contribution >= 4 is 17.3 Å². The van der Waals surface area contributed by atoms with Gasteiger partial charge in [-0.1, -0.05) is 6.07 Å². The van der Waals surface area contributed by atoms with Crippen LogP contribution in [0.2, 0.25) is 0 Å². The summed E-state index contributed by atoms with van der Waals surface area (Å²) in [5, 5.41) is 13.4. The van der Waals surface area contributed by atoms with Crippen LogP contribution < -0.4 is 10.1 Å². The first-order chi connectivity index (χ1) is 10.9. The van der Waals surface area contributed by atoms with E-state index in [1.54, 1.807) is 13.8 Å². The van der Waals surface area contributed by atoms with E-state index in [9.17, 15) is 19.3 Å². The van der Waals surface area contributed by atoms with Gasteiger partial charge in [-0.25, -0.2) is 4.39 Å². The highest BCUT2D eigenvalue weighted by molar-refractivity contribution is 6.06. The van der Waals surface area contributed by atoms with Crippen LogP contribution in [0.4, 0.5) is 15.8 Å². The lowest BCUT2D eigenvalue weighted by Crippen LogP contribution is -2.16. The van der Waals surface area contributed by atoms with Crippen LogP contribution in [-0.2, 0) is 0 Å². The minimum absolute atomic E-state index is 0.0113. The van der Waals surface area contributed by atoms with Crippen LogP contribution in [0, 0.1) is 15.9 Å². The summed E-state index contributed by atoms with van der Waals surface area (Å²) in [6.45, 7) is 3.55. The third-order valence-corrected chi connectivity index (χ3v) is 2.86. The largest absolute Gasteiger partial charge is 0.490 e. The fourth-order valence-electron chi connectivity index (χ4n) is 1.93. The number of benzene rings is 2. The summed E-state index contributed by atoms with van der Waals surface area (Å²) < 4.78 is 18.7. The van der Waals surface area contributed by atoms with Crippen molar-refractivity contribution in [3.8, 4) is 5.75 Å². The Hall–Kier alpha value is -2.96. The zero-order valence-electron chi connectivity index (χ0n) is 12.6. The summed E-state index contributed by atoms with van der Waals surface area (Å²) >= 11 is 0. The third-order valence-electron chi connectivity index (χ3n) is 2.86. The molecule has 0 aliphatic rings. The molecular weight excluding hydrogens is 303 g/mol. The predicted octanol–water partition coefficient (Wildman–Crippen LogP) is 3.77. The second-order valence-corrected chi connectivity index (χ2v) is 5.07. The van der Waals surface area contributed by atoms with Crippen molar-refractivity contribution in [1.29, 1.82) is 0 Å². The molecule has 2 rings (SSSR count). The van der Waals surface area contributed by atoms with E-state index < -0.39 is 16.6 Å². The topological polar surface area (TPSA) is 81.5 Å². The molecule has 2 aromatic carbocycles. The second kappa shape index (κ2) is 6.87. The molecule has 0 spiro atoms. The number of carbonyl (C=O) groups is 1. The number of halogens is 1. The highest BCUT2D eigenvalue weighted by Crippen LogP contribution is 2.26. The van der Waals surface area contributed by atoms with Gasteiger partial charge in [-0.3, -0.25) is 14.9 Å². The molecular formula is C16H15FN2O4. The van der Waals surface area contributed by atoms with Crippen molar-refractivity contribution in [2.24, 2.45) is 0 Å². The molecule has 23 heavy (non-hydrogen) atoms. The van der Waals surface area contributed by atoms with Crippen molar-refractivity contribution in [2.75, 3.05) is 5.32 Å². The number of non-ortho nitro benzene ring substituents is 1. The van der Waals surface area contributed by atoms with E-state index in [1.165, 1.54) is 30.3 Å². The van der Waals surface area contributed by atoms with Crippen LogP contribution >= 0.6 is 0 Å². The Bertz CT molecular complexity index is 747. The van der Waals surface area contributed by atoms with E-state index in [1.807, 2.05) is 0 Å². The van der Waals surface area contributed by atoms with Gasteiger partial charge in [-0.15, -0.1) is 0 Å². The number of hydrogen-bond acceptors (Lipinski definition) is 4. The molecule has 2 aromatic rings. The van der Waals surface area contributed by atoms with E-state index in [0.717, 1.165) is 12.1 Å². The molecule has 1 N–H and O–H groups in total. The van der Waals surface area contributed by atoms with Gasteiger partial charge in [0.25, 0.3) is 11.6 Å². The summed E-state index contributed by atoms with van der Waals surface area (Å²) in [7, 11) is 0. The maximum absolute atomic E-state index is 13.2. The molecule has 0 saturated heterocycles. The minimum Gasteiger partial charge on any atom is -0.490 e. The normalized spacial score (nSPS) is 10.4. The van der Waals surface area contributed by atoms with Crippen LogP contribution in [-0.4, -0.2) is 16.9 Å². The molecule has 0 aliphatic carbocycles. The summed E-state index contributed by atoms with van der Waals surface area (Å²) in [4.78, 5) is 22.7. The van der Waals surface area contributed by atoms with E-state index in [-0.39, 0.29) is 28.8 Å². The van der Waals surface area contributed by atoms with Crippen molar-refractivity contribution in [1.82, 2.24) is 0 Å². The van der Waals surface area contributed by atoms with Crippen LogP contribution in [0.15, 0.2) is 42.5 Å². The standard InChI is InChI=1S/C16H15FN2O4/c1-10(2)23-15-7-6-13(19(21)22)9-14(15)16(20)18-12-5-3-4-11(17)8-12/h3-10H,1-2H3,(H,18,20). The average Bonchev–Trinajstić information content (AvgIpc) is 2.46. The molecule has 0 bridgehead atoms. The van der Waals surface area contributed by atoms with E-state index in [0.29, 0.717) is 0 Å². The molecule has 0 unspecified atom stereocenters. The number of anilines is 1. The highest BCUT2D eigenvalue weighted by Gasteiger charge is 2.19. The highest BCUT2D eigenvalue weighted by atomic mass is 19.1. The van der Waals surface area contributed by atoms with Gasteiger partial charge in [0, 0.05) is 17.8 Å². The van der Waals surface area contributed by atoms with E-state index in [4.69, 9.17) is 4.74 Å². The van der Waals surface area contributed by atoms with Gasteiger partial charge < -0.3 is 10.1 Å². The van der Waals surface area contributed by atoms with Gasteiger partial charge in [0.1, 0.15) is 11.6 Å². The van der Waals surface area contributed by atoms with Crippen LogP contribution in [0.3, 0.4) is 0 Å². The molecule has 0 radical (unpaired) electrons. The van der Waals surface area contributed by atoms with Gasteiger partial charge >= 0.3 is 0 Å². The maximum atomic E-state index is 13.2. The number of amides is 1. The zero-order chi connectivity index (χ0) is 17.0. The van der Waals surface area contributed by atoms with Gasteiger partial charge in [0.05, 0.1) is 16.6 Å². The Morgan fingerprint density at radius 3 is 2.61 bits per heavy atom. The van der Waals surface area contributed by atoms with Gasteiger partial charge in [0.2, 0.25) is 0 Å². The van der Waals surface area contributed by atoms with E-state index in [2.05, 4.69) is 5.32 Å². The van der Waals surface area contributed by atoms with Crippen molar-refractivity contribution in [2.45, 2.75) is 20.0 Å². The van der Waals surface area contributed by atoms with Crippen molar-refractivity contribution < 1.29 is 18.8 Å². The van der Waals surface area contributed by atoms with E-state index >= 15 is 0 Å². The Morgan fingerprint density at radius 2 is 2.00 bits per heavy atom. The number of nitrogens with zero attached hydrogens (tertiary/aromatic N) is 1. The molecule has 0 aromatic heterocycles. The molecule has 0 saturated carbocycles. The first kappa shape index (κ1) is 16.4. The lowest BCUT2D eigenvalue weighted by Gasteiger charge is -2.14. The summed E-state index contributed by atoms with van der Waals surface area (Å²) in [5.74, 6) is -0.894. The van der Waals surface area contributed by atoms with Gasteiger partial charge in [-0.05, 0) is 38.1 Å².